The SMILES string of the molecule is Cc1cnc(C(=O)N[C@H]2CCCN(C3CCN(C)CC3)C2)cn1. The number of aryl methyl sites for hydroxylation is 1. The first kappa shape index (κ1) is 16.3. The van der Waals surface area contributed by atoms with E-state index in [0.29, 0.717) is 11.7 Å². The highest BCUT2D eigenvalue weighted by molar-refractivity contribution is 5.92. The van der Waals surface area contributed by atoms with Crippen LogP contribution in [0.1, 0.15) is 41.9 Å². The number of nitrogens with zero attached hydrogens (tertiary/aromatic N) is 4. The van der Waals surface area contributed by atoms with Gasteiger partial charge in [-0.2, -0.15) is 0 Å². The summed E-state index contributed by atoms with van der Waals surface area (Å²) >= 11 is 0. The third-order valence-electron chi connectivity index (χ3n) is 5.01. The summed E-state index contributed by atoms with van der Waals surface area (Å²) in [5.41, 5.74) is 1.24. The molecule has 23 heavy (non-hydrogen) atoms. The van der Waals surface area contributed by atoms with Gasteiger partial charge in [-0.25, -0.2) is 4.98 Å². The standard InChI is InChI=1S/C17H27N5O/c1-13-10-19-16(11-18-13)17(23)20-14-4-3-7-22(12-14)15-5-8-21(2)9-6-15/h10-11,14-15H,3-9,12H2,1-2H3,(H,20,23)/t14-/m0/s1. The predicted molar refractivity (Wildman–Crippen MR) is 89.3 cm³/mol. The minimum absolute atomic E-state index is 0.104. The molecule has 0 bridgehead atoms. The van der Waals surface area contributed by atoms with Gasteiger partial charge in [0.15, 0.2) is 0 Å². The molecule has 0 saturated carbocycles. The maximum atomic E-state index is 12.3. The second kappa shape index (κ2) is 7.36. The summed E-state index contributed by atoms with van der Waals surface area (Å²) in [6.07, 6.45) is 7.87. The summed E-state index contributed by atoms with van der Waals surface area (Å²) in [6.45, 7) is 6.34. The van der Waals surface area contributed by atoms with Gasteiger partial charge < -0.3 is 10.2 Å². The van der Waals surface area contributed by atoms with Gasteiger partial charge in [-0.15, -0.1) is 0 Å². The van der Waals surface area contributed by atoms with Crippen LogP contribution in [0.4, 0.5) is 0 Å². The fourth-order valence-corrected chi connectivity index (χ4v) is 3.59. The van der Waals surface area contributed by atoms with Crippen LogP contribution in [0.15, 0.2) is 12.4 Å². The summed E-state index contributed by atoms with van der Waals surface area (Å²) in [5.74, 6) is -0.104. The number of piperidine rings is 2. The van der Waals surface area contributed by atoms with Gasteiger partial charge in [0.2, 0.25) is 0 Å². The average molecular weight is 317 g/mol. The lowest BCUT2D eigenvalue weighted by Crippen LogP contribution is -2.53. The molecule has 0 unspecified atom stereocenters. The first-order valence-electron chi connectivity index (χ1n) is 8.64. The van der Waals surface area contributed by atoms with Gasteiger partial charge in [-0.05, 0) is 59.3 Å². The Balaban J connectivity index is 1.54. The lowest BCUT2D eigenvalue weighted by atomic mass is 9.98. The lowest BCUT2D eigenvalue weighted by molar-refractivity contribution is 0.0763. The van der Waals surface area contributed by atoms with Gasteiger partial charge >= 0.3 is 0 Å². The maximum absolute atomic E-state index is 12.3. The van der Waals surface area contributed by atoms with Crippen LogP contribution in [-0.2, 0) is 0 Å². The lowest BCUT2D eigenvalue weighted by Gasteiger charge is -2.41. The molecule has 6 heteroatoms. The van der Waals surface area contributed by atoms with E-state index in [4.69, 9.17) is 0 Å². The molecule has 2 aliphatic rings. The molecule has 2 fully saturated rings. The normalized spacial score (nSPS) is 24.5. The van der Waals surface area contributed by atoms with Crippen LogP contribution in [0.2, 0.25) is 0 Å². The van der Waals surface area contributed by atoms with E-state index < -0.39 is 0 Å². The van der Waals surface area contributed by atoms with Crippen molar-refractivity contribution < 1.29 is 4.79 Å². The Morgan fingerprint density at radius 3 is 2.65 bits per heavy atom. The number of nitrogens with one attached hydrogen (secondary N) is 1. The van der Waals surface area contributed by atoms with Crippen LogP contribution >= 0.6 is 0 Å². The van der Waals surface area contributed by atoms with E-state index in [2.05, 4.69) is 32.1 Å². The highest BCUT2D eigenvalue weighted by atomic mass is 16.2. The summed E-state index contributed by atoms with van der Waals surface area (Å²) < 4.78 is 0. The van der Waals surface area contributed by atoms with Gasteiger partial charge in [0.1, 0.15) is 5.69 Å². The molecule has 1 aromatic rings. The Morgan fingerprint density at radius 1 is 1.17 bits per heavy atom. The van der Waals surface area contributed by atoms with Crippen LogP contribution in [0.3, 0.4) is 0 Å². The largest absolute Gasteiger partial charge is 0.347 e. The van der Waals surface area contributed by atoms with Crippen molar-refractivity contribution >= 4 is 5.91 Å². The second-order valence-corrected chi connectivity index (χ2v) is 6.89. The molecule has 6 nitrogen and oxygen atoms in total. The molecule has 1 N–H and O–H groups in total. The zero-order chi connectivity index (χ0) is 16.2. The highest BCUT2D eigenvalue weighted by Gasteiger charge is 2.28. The smallest absolute Gasteiger partial charge is 0.271 e. The molecule has 1 atom stereocenters. The molecule has 0 radical (unpaired) electrons. The van der Waals surface area contributed by atoms with Crippen molar-refractivity contribution in [2.45, 2.75) is 44.7 Å². The van der Waals surface area contributed by atoms with Crippen molar-refractivity contribution in [3.05, 3.63) is 23.8 Å². The number of likely N-dealkylation sites (tertiary alicyclic amines) is 2. The van der Waals surface area contributed by atoms with Crippen LogP contribution < -0.4 is 5.32 Å². The van der Waals surface area contributed by atoms with E-state index in [9.17, 15) is 4.79 Å². The van der Waals surface area contributed by atoms with Gasteiger partial charge in [0, 0.05) is 24.8 Å². The monoisotopic (exact) mass is 317 g/mol. The highest BCUT2D eigenvalue weighted by Crippen LogP contribution is 2.20. The molecule has 2 saturated heterocycles. The van der Waals surface area contributed by atoms with Gasteiger partial charge in [-0.1, -0.05) is 0 Å². The molecule has 2 aliphatic heterocycles. The Labute approximate surface area is 138 Å². The van der Waals surface area contributed by atoms with Crippen LogP contribution in [0, 0.1) is 6.92 Å². The fourth-order valence-electron chi connectivity index (χ4n) is 3.59. The zero-order valence-corrected chi connectivity index (χ0v) is 14.2. The summed E-state index contributed by atoms with van der Waals surface area (Å²) in [4.78, 5) is 25.6. The van der Waals surface area contributed by atoms with Crippen molar-refractivity contribution in [2.24, 2.45) is 0 Å². The van der Waals surface area contributed by atoms with Gasteiger partial charge in [-0.3, -0.25) is 14.7 Å². The Bertz CT molecular complexity index is 524. The van der Waals surface area contributed by atoms with E-state index in [-0.39, 0.29) is 11.9 Å². The van der Waals surface area contributed by atoms with Gasteiger partial charge in [0.05, 0.1) is 11.9 Å². The average Bonchev–Trinajstić information content (AvgIpc) is 2.56. The minimum Gasteiger partial charge on any atom is -0.347 e. The summed E-state index contributed by atoms with van der Waals surface area (Å²) in [6, 6.07) is 0.893. The van der Waals surface area contributed by atoms with E-state index in [0.717, 1.165) is 31.6 Å². The van der Waals surface area contributed by atoms with Crippen LogP contribution in [-0.4, -0.2) is 71.0 Å². The topological polar surface area (TPSA) is 61.4 Å². The molecule has 1 aromatic heterocycles. The minimum atomic E-state index is -0.104. The predicted octanol–water partition coefficient (Wildman–Crippen LogP) is 1.07. The van der Waals surface area contributed by atoms with E-state index >= 15 is 0 Å². The van der Waals surface area contributed by atoms with Crippen molar-refractivity contribution in [1.29, 1.82) is 0 Å². The molecule has 0 aliphatic carbocycles. The van der Waals surface area contributed by atoms with Crippen molar-refractivity contribution in [2.75, 3.05) is 33.2 Å². The number of hydrogen-bond donors (Lipinski definition) is 1. The maximum Gasteiger partial charge on any atom is 0.271 e. The van der Waals surface area contributed by atoms with Crippen molar-refractivity contribution in [3.8, 4) is 0 Å². The van der Waals surface area contributed by atoms with Crippen molar-refractivity contribution in [1.82, 2.24) is 25.1 Å². The van der Waals surface area contributed by atoms with Crippen LogP contribution in [0.5, 0.6) is 0 Å². The number of hydrogen-bond acceptors (Lipinski definition) is 5. The second-order valence-electron chi connectivity index (χ2n) is 6.89. The number of carbonyl (C=O) groups excluding carboxylic acids is 1. The Kier molecular flexibility index (Phi) is 5.23. The third kappa shape index (κ3) is 4.26. The molecular weight excluding hydrogens is 290 g/mol. The first-order chi connectivity index (χ1) is 11.1. The molecule has 0 aromatic carbocycles. The molecule has 1 amide bonds. The molecule has 126 valence electrons. The summed E-state index contributed by atoms with van der Waals surface area (Å²) in [5, 5.41) is 3.14. The Morgan fingerprint density at radius 2 is 1.96 bits per heavy atom. The number of carbonyl (C=O) groups is 1. The fraction of sp³-hybridized carbons (Fsp3) is 0.706. The number of rotatable bonds is 3. The molecule has 0 spiro atoms. The summed E-state index contributed by atoms with van der Waals surface area (Å²) in [7, 11) is 2.19. The molecule has 3 rings (SSSR count). The van der Waals surface area contributed by atoms with Crippen molar-refractivity contribution in [3.63, 3.8) is 0 Å². The molecule has 3 heterocycles. The third-order valence-corrected chi connectivity index (χ3v) is 5.01. The van der Waals surface area contributed by atoms with Crippen LogP contribution in [0.25, 0.3) is 0 Å². The molecular formula is C17H27N5O. The van der Waals surface area contributed by atoms with E-state index in [1.807, 2.05) is 6.92 Å². The Hall–Kier alpha value is -1.53. The first-order valence-corrected chi connectivity index (χ1v) is 8.64. The van der Waals surface area contributed by atoms with E-state index in [1.54, 1.807) is 12.4 Å². The zero-order valence-electron chi connectivity index (χ0n) is 14.2. The number of aromatic nitrogens is 2. The van der Waals surface area contributed by atoms with E-state index in [1.165, 1.54) is 25.9 Å². The quantitative estimate of drug-likeness (QED) is 0.904. The van der Waals surface area contributed by atoms with Gasteiger partial charge in [0.25, 0.3) is 5.91 Å². The number of amides is 1.